The number of aromatic nitrogens is 6. The van der Waals surface area contributed by atoms with Gasteiger partial charge in [0.15, 0.2) is 11.5 Å². The third-order valence-electron chi connectivity index (χ3n) is 7.98. The first-order valence-electron chi connectivity index (χ1n) is 15.7. The SMILES string of the molecule is CCN(CC)c1ncc(N(CC)C(=O)c2ccncc2)c(N[C@@H](Cc2ccc(-n3c(=O)n(C(C)C)c4cccnc43)cc2)C(=O)O)n1. The van der Waals surface area contributed by atoms with Crippen LogP contribution in [0.2, 0.25) is 0 Å². The van der Waals surface area contributed by atoms with E-state index in [1.54, 1.807) is 76.4 Å². The number of hydrogen-bond donors (Lipinski definition) is 2. The number of benzene rings is 1. The van der Waals surface area contributed by atoms with Gasteiger partial charge in [-0.05, 0) is 76.6 Å². The number of nitrogens with one attached hydrogen (secondary N) is 1. The fourth-order valence-corrected chi connectivity index (χ4v) is 5.57. The fourth-order valence-electron chi connectivity index (χ4n) is 5.57. The molecule has 13 heteroatoms. The quantitative estimate of drug-likeness (QED) is 0.188. The third kappa shape index (κ3) is 6.69. The van der Waals surface area contributed by atoms with E-state index in [2.05, 4.69) is 20.3 Å². The van der Waals surface area contributed by atoms with Gasteiger partial charge in [-0.15, -0.1) is 0 Å². The van der Waals surface area contributed by atoms with E-state index in [9.17, 15) is 19.5 Å². The van der Waals surface area contributed by atoms with Gasteiger partial charge in [0, 0.05) is 56.3 Å². The van der Waals surface area contributed by atoms with Gasteiger partial charge in [0.05, 0.1) is 17.4 Å². The zero-order chi connectivity index (χ0) is 33.7. The Bertz CT molecular complexity index is 1920. The number of imidazole rings is 1. The summed E-state index contributed by atoms with van der Waals surface area (Å²) in [4.78, 5) is 60.7. The van der Waals surface area contributed by atoms with Crippen LogP contribution in [0.1, 0.15) is 56.6 Å². The molecule has 0 aliphatic carbocycles. The van der Waals surface area contributed by atoms with Gasteiger partial charge in [-0.2, -0.15) is 4.98 Å². The van der Waals surface area contributed by atoms with Crippen molar-refractivity contribution in [3.63, 3.8) is 0 Å². The second-order valence-electron chi connectivity index (χ2n) is 11.2. The molecular weight excluding hydrogens is 598 g/mol. The topological polar surface area (TPSA) is 151 Å². The molecule has 0 fully saturated rings. The summed E-state index contributed by atoms with van der Waals surface area (Å²) < 4.78 is 3.26. The van der Waals surface area contributed by atoms with Gasteiger partial charge < -0.3 is 20.2 Å². The zero-order valence-electron chi connectivity index (χ0n) is 27.2. The minimum atomic E-state index is -1.10. The summed E-state index contributed by atoms with van der Waals surface area (Å²) in [7, 11) is 0. The largest absolute Gasteiger partial charge is 0.480 e. The van der Waals surface area contributed by atoms with Crippen molar-refractivity contribution in [2.75, 3.05) is 34.8 Å². The molecule has 0 aliphatic rings. The van der Waals surface area contributed by atoms with Crippen LogP contribution in [0.4, 0.5) is 17.5 Å². The summed E-state index contributed by atoms with van der Waals surface area (Å²) >= 11 is 0. The molecule has 2 N–H and O–H groups in total. The van der Waals surface area contributed by atoms with E-state index < -0.39 is 12.0 Å². The lowest BCUT2D eigenvalue weighted by molar-refractivity contribution is -0.137. The van der Waals surface area contributed by atoms with Gasteiger partial charge in [0.1, 0.15) is 11.7 Å². The molecule has 4 aromatic heterocycles. The molecular formula is C34H39N9O4. The van der Waals surface area contributed by atoms with Crippen molar-refractivity contribution in [1.29, 1.82) is 0 Å². The summed E-state index contributed by atoms with van der Waals surface area (Å²) in [6.45, 7) is 11.3. The second kappa shape index (κ2) is 14.2. The molecule has 1 amide bonds. The van der Waals surface area contributed by atoms with Crippen LogP contribution in [0.15, 0.2) is 78.1 Å². The minimum Gasteiger partial charge on any atom is -0.480 e. The van der Waals surface area contributed by atoms with Crippen molar-refractivity contribution in [3.05, 3.63) is 94.9 Å². The van der Waals surface area contributed by atoms with Crippen LogP contribution >= 0.6 is 0 Å². The van der Waals surface area contributed by atoms with Gasteiger partial charge in [-0.25, -0.2) is 24.1 Å². The average molecular weight is 638 g/mol. The molecule has 0 unspecified atom stereocenters. The number of carbonyl (C=O) groups excluding carboxylic acids is 1. The molecule has 0 saturated carbocycles. The highest BCUT2D eigenvalue weighted by Gasteiger charge is 2.26. The predicted molar refractivity (Wildman–Crippen MR) is 182 cm³/mol. The monoisotopic (exact) mass is 637 g/mol. The van der Waals surface area contributed by atoms with Crippen LogP contribution in [-0.4, -0.2) is 71.7 Å². The van der Waals surface area contributed by atoms with Crippen molar-refractivity contribution in [1.82, 2.24) is 29.1 Å². The Morgan fingerprint density at radius 1 is 0.936 bits per heavy atom. The predicted octanol–water partition coefficient (Wildman–Crippen LogP) is 4.57. The average Bonchev–Trinajstić information content (AvgIpc) is 3.38. The molecule has 13 nitrogen and oxygen atoms in total. The first kappa shape index (κ1) is 32.8. The molecule has 0 aliphatic heterocycles. The Labute approximate surface area is 272 Å². The van der Waals surface area contributed by atoms with Gasteiger partial charge in [-0.1, -0.05) is 12.1 Å². The Morgan fingerprint density at radius 3 is 2.26 bits per heavy atom. The lowest BCUT2D eigenvalue weighted by atomic mass is 10.1. The molecule has 0 radical (unpaired) electrons. The van der Waals surface area contributed by atoms with Gasteiger partial charge >= 0.3 is 11.7 Å². The highest BCUT2D eigenvalue weighted by atomic mass is 16.4. The van der Waals surface area contributed by atoms with Crippen molar-refractivity contribution in [2.45, 2.75) is 53.1 Å². The number of carboxylic acids is 1. The van der Waals surface area contributed by atoms with E-state index in [-0.39, 0.29) is 29.9 Å². The Morgan fingerprint density at radius 2 is 1.64 bits per heavy atom. The van der Waals surface area contributed by atoms with Gasteiger partial charge in [0.2, 0.25) is 5.95 Å². The number of rotatable bonds is 13. The number of carbonyl (C=O) groups is 2. The van der Waals surface area contributed by atoms with Crippen molar-refractivity contribution in [2.24, 2.45) is 0 Å². The van der Waals surface area contributed by atoms with Crippen LogP contribution < -0.4 is 20.8 Å². The van der Waals surface area contributed by atoms with E-state index in [1.807, 2.05) is 45.6 Å². The standard InChI is InChI=1S/C34H39N9O4/c1-6-40(7-2)33-37-21-28(41(8-3)31(44)24-15-18-35-19-16-24)29(39-33)38-26(32(45)46)20-23-11-13-25(14-12-23)43-30-27(10-9-17-36-30)42(22(4)5)34(43)47/h9-19,21-22,26H,6-8,20H2,1-5H3,(H,45,46)(H,37,38,39)/t26-/m0/s1. The molecule has 5 rings (SSSR count). The number of aliphatic carboxylic acids is 1. The van der Waals surface area contributed by atoms with Crippen LogP contribution in [0, 0.1) is 0 Å². The molecule has 244 valence electrons. The molecule has 4 heterocycles. The van der Waals surface area contributed by atoms with Crippen molar-refractivity contribution >= 4 is 40.5 Å². The van der Waals surface area contributed by atoms with Crippen LogP contribution in [0.3, 0.4) is 0 Å². The number of carboxylic acid groups (broad SMARTS) is 1. The summed E-state index contributed by atoms with van der Waals surface area (Å²) in [6.07, 6.45) is 6.39. The molecule has 5 aromatic rings. The Kier molecular flexibility index (Phi) is 9.93. The van der Waals surface area contributed by atoms with Gasteiger partial charge in [-0.3, -0.25) is 14.3 Å². The molecule has 0 saturated heterocycles. The highest BCUT2D eigenvalue weighted by molar-refractivity contribution is 6.07. The highest BCUT2D eigenvalue weighted by Crippen LogP contribution is 2.28. The lowest BCUT2D eigenvalue weighted by Gasteiger charge is -2.27. The maximum absolute atomic E-state index is 13.5. The van der Waals surface area contributed by atoms with E-state index in [0.29, 0.717) is 48.2 Å². The maximum atomic E-state index is 13.5. The van der Waals surface area contributed by atoms with E-state index in [4.69, 9.17) is 4.98 Å². The van der Waals surface area contributed by atoms with Crippen LogP contribution in [0.5, 0.6) is 0 Å². The second-order valence-corrected chi connectivity index (χ2v) is 11.2. The summed E-state index contributed by atoms with van der Waals surface area (Å²) in [5.41, 5.74) is 3.22. The summed E-state index contributed by atoms with van der Waals surface area (Å²) in [5.74, 6) is -0.730. The summed E-state index contributed by atoms with van der Waals surface area (Å²) in [6, 6.07) is 12.9. The first-order chi connectivity index (χ1) is 22.7. The van der Waals surface area contributed by atoms with Crippen molar-refractivity contribution in [3.8, 4) is 5.69 Å². The zero-order valence-corrected chi connectivity index (χ0v) is 27.2. The van der Waals surface area contributed by atoms with Gasteiger partial charge in [0.25, 0.3) is 5.91 Å². The molecule has 1 aromatic carbocycles. The molecule has 1 atom stereocenters. The molecule has 0 spiro atoms. The van der Waals surface area contributed by atoms with Crippen LogP contribution in [-0.2, 0) is 11.2 Å². The number of amides is 1. The number of pyridine rings is 2. The molecule has 0 bridgehead atoms. The first-order valence-corrected chi connectivity index (χ1v) is 15.7. The fraction of sp³-hybridized carbons (Fsp3) is 0.324. The normalized spacial score (nSPS) is 11.9. The number of fused-ring (bicyclic) bond motifs is 1. The van der Waals surface area contributed by atoms with E-state index in [0.717, 1.165) is 11.1 Å². The maximum Gasteiger partial charge on any atom is 0.335 e. The van der Waals surface area contributed by atoms with E-state index in [1.165, 1.54) is 4.90 Å². The third-order valence-corrected chi connectivity index (χ3v) is 7.98. The Balaban J connectivity index is 1.48. The van der Waals surface area contributed by atoms with Crippen LogP contribution in [0.25, 0.3) is 16.9 Å². The van der Waals surface area contributed by atoms with Crippen molar-refractivity contribution < 1.29 is 14.7 Å². The Hall–Kier alpha value is -5.59. The number of hydrogen-bond acceptors (Lipinski definition) is 9. The van der Waals surface area contributed by atoms with E-state index >= 15 is 0 Å². The minimum absolute atomic E-state index is 0.0605. The smallest absolute Gasteiger partial charge is 0.335 e. The number of nitrogens with zero attached hydrogens (tertiary/aromatic N) is 8. The summed E-state index contributed by atoms with van der Waals surface area (Å²) in [5, 5.41) is 13.4. The number of anilines is 3. The molecule has 47 heavy (non-hydrogen) atoms. The lowest BCUT2D eigenvalue weighted by Crippen LogP contribution is -2.36.